The van der Waals surface area contributed by atoms with Gasteiger partial charge in [-0.05, 0) is 42.6 Å². The Bertz CT molecular complexity index is 466. The molecule has 3 N–H and O–H groups in total. The van der Waals surface area contributed by atoms with Crippen LogP contribution in [0.2, 0.25) is 0 Å². The third-order valence-electron chi connectivity index (χ3n) is 3.10. The molecule has 0 bridgehead atoms. The first-order valence-electron chi connectivity index (χ1n) is 6.08. The Morgan fingerprint density at radius 2 is 1.78 bits per heavy atom. The highest BCUT2D eigenvalue weighted by Crippen LogP contribution is 2.15. The zero-order valence-electron chi connectivity index (χ0n) is 11.2. The van der Waals surface area contributed by atoms with Gasteiger partial charge in [-0.25, -0.2) is 8.42 Å². The molecular formula is C13H22N2O2S. The third-order valence-corrected chi connectivity index (χ3v) is 4.22. The molecule has 4 nitrogen and oxygen atoms in total. The molecular weight excluding hydrogens is 248 g/mol. The van der Waals surface area contributed by atoms with Crippen molar-refractivity contribution in [1.82, 2.24) is 0 Å². The molecule has 0 radical (unpaired) electrons. The summed E-state index contributed by atoms with van der Waals surface area (Å²) in [6, 6.07) is 6.80. The van der Waals surface area contributed by atoms with Gasteiger partial charge in [-0.3, -0.25) is 0 Å². The van der Waals surface area contributed by atoms with Crippen LogP contribution in [0, 0.1) is 11.8 Å². The van der Waals surface area contributed by atoms with Gasteiger partial charge >= 0.3 is 0 Å². The van der Waals surface area contributed by atoms with Gasteiger partial charge in [0.15, 0.2) is 9.84 Å². The first-order chi connectivity index (χ1) is 8.34. The summed E-state index contributed by atoms with van der Waals surface area (Å²) in [5.74, 6) is 0.942. The van der Waals surface area contributed by atoms with E-state index in [-0.39, 0.29) is 0 Å². The summed E-state index contributed by atoms with van der Waals surface area (Å²) in [5.41, 5.74) is 6.62. The van der Waals surface area contributed by atoms with Gasteiger partial charge < -0.3 is 11.1 Å². The van der Waals surface area contributed by atoms with E-state index in [1.165, 1.54) is 6.26 Å². The molecule has 1 atom stereocenters. The fraction of sp³-hybridized carbons (Fsp3) is 0.538. The van der Waals surface area contributed by atoms with E-state index in [9.17, 15) is 8.42 Å². The lowest BCUT2D eigenvalue weighted by molar-refractivity contribution is 0.413. The second-order valence-corrected chi connectivity index (χ2v) is 6.93. The Labute approximate surface area is 110 Å². The van der Waals surface area contributed by atoms with Crippen molar-refractivity contribution < 1.29 is 8.42 Å². The van der Waals surface area contributed by atoms with Gasteiger partial charge in [0.1, 0.15) is 0 Å². The predicted octanol–water partition coefficient (Wildman–Crippen LogP) is 1.73. The van der Waals surface area contributed by atoms with Crippen LogP contribution in [0.4, 0.5) is 5.69 Å². The van der Waals surface area contributed by atoms with Gasteiger partial charge in [-0.2, -0.15) is 0 Å². The number of benzene rings is 1. The Balaban J connectivity index is 2.65. The summed E-state index contributed by atoms with van der Waals surface area (Å²) in [6.07, 6.45) is 1.21. The number of hydrogen-bond donors (Lipinski definition) is 2. The van der Waals surface area contributed by atoms with E-state index < -0.39 is 9.84 Å². The molecule has 0 spiro atoms. The SMILES string of the molecule is CC(C)C(CN)CNc1ccc(S(C)(=O)=O)cc1. The lowest BCUT2D eigenvalue weighted by Gasteiger charge is -2.20. The van der Waals surface area contributed by atoms with Crippen LogP contribution in [-0.2, 0) is 9.84 Å². The second-order valence-electron chi connectivity index (χ2n) is 4.92. The van der Waals surface area contributed by atoms with Crippen molar-refractivity contribution in [3.05, 3.63) is 24.3 Å². The van der Waals surface area contributed by atoms with E-state index >= 15 is 0 Å². The molecule has 0 aliphatic heterocycles. The van der Waals surface area contributed by atoms with Crippen LogP contribution >= 0.6 is 0 Å². The number of hydrogen-bond acceptors (Lipinski definition) is 4. The molecule has 0 aliphatic carbocycles. The minimum absolute atomic E-state index is 0.340. The van der Waals surface area contributed by atoms with Crippen LogP contribution < -0.4 is 11.1 Å². The van der Waals surface area contributed by atoms with Crippen LogP contribution in [0.15, 0.2) is 29.2 Å². The zero-order chi connectivity index (χ0) is 13.8. The van der Waals surface area contributed by atoms with Crippen LogP contribution in [0.25, 0.3) is 0 Å². The zero-order valence-corrected chi connectivity index (χ0v) is 12.0. The van der Waals surface area contributed by atoms with E-state index in [1.807, 2.05) is 0 Å². The molecule has 102 valence electrons. The van der Waals surface area contributed by atoms with Gasteiger partial charge in [-0.15, -0.1) is 0 Å². The van der Waals surface area contributed by atoms with Crippen molar-refractivity contribution in [3.8, 4) is 0 Å². The monoisotopic (exact) mass is 270 g/mol. The van der Waals surface area contributed by atoms with Gasteiger partial charge in [0, 0.05) is 18.5 Å². The summed E-state index contributed by atoms with van der Waals surface area (Å²) in [5, 5.41) is 3.28. The fourth-order valence-corrected chi connectivity index (χ4v) is 2.29. The van der Waals surface area contributed by atoms with Gasteiger partial charge in [0.2, 0.25) is 0 Å². The van der Waals surface area contributed by atoms with Crippen LogP contribution in [-0.4, -0.2) is 27.8 Å². The summed E-state index contributed by atoms with van der Waals surface area (Å²) in [7, 11) is -3.12. The Morgan fingerprint density at radius 3 is 2.17 bits per heavy atom. The Hall–Kier alpha value is -1.07. The van der Waals surface area contributed by atoms with Gasteiger partial charge in [0.25, 0.3) is 0 Å². The number of anilines is 1. The molecule has 1 aromatic carbocycles. The highest BCUT2D eigenvalue weighted by molar-refractivity contribution is 7.90. The molecule has 1 aromatic rings. The first kappa shape index (κ1) is 15.0. The maximum atomic E-state index is 11.3. The standard InChI is InChI=1S/C13H22N2O2S/c1-10(2)11(8-14)9-15-12-4-6-13(7-5-12)18(3,16)17/h4-7,10-11,15H,8-9,14H2,1-3H3. The van der Waals surface area contributed by atoms with Crippen LogP contribution in [0.1, 0.15) is 13.8 Å². The van der Waals surface area contributed by atoms with E-state index in [0.29, 0.717) is 23.3 Å². The smallest absolute Gasteiger partial charge is 0.175 e. The second kappa shape index (κ2) is 6.20. The third kappa shape index (κ3) is 4.31. The van der Waals surface area contributed by atoms with E-state index in [2.05, 4.69) is 19.2 Å². The topological polar surface area (TPSA) is 72.2 Å². The van der Waals surface area contributed by atoms with Crippen molar-refractivity contribution in [3.63, 3.8) is 0 Å². The van der Waals surface area contributed by atoms with E-state index in [0.717, 1.165) is 12.2 Å². The lowest BCUT2D eigenvalue weighted by Crippen LogP contribution is -2.27. The van der Waals surface area contributed by atoms with Crippen molar-refractivity contribution in [2.75, 3.05) is 24.7 Å². The Morgan fingerprint density at radius 1 is 1.22 bits per heavy atom. The van der Waals surface area contributed by atoms with Crippen LogP contribution in [0.3, 0.4) is 0 Å². The minimum Gasteiger partial charge on any atom is -0.385 e. The Kier molecular flexibility index (Phi) is 5.16. The molecule has 0 saturated carbocycles. The van der Waals surface area contributed by atoms with Crippen molar-refractivity contribution in [2.24, 2.45) is 17.6 Å². The predicted molar refractivity (Wildman–Crippen MR) is 75.4 cm³/mol. The number of rotatable bonds is 6. The average molecular weight is 270 g/mol. The van der Waals surface area contributed by atoms with E-state index in [4.69, 9.17) is 5.73 Å². The van der Waals surface area contributed by atoms with Gasteiger partial charge in [-0.1, -0.05) is 13.8 Å². The molecule has 1 unspecified atom stereocenters. The molecule has 1 rings (SSSR count). The van der Waals surface area contributed by atoms with Crippen LogP contribution in [0.5, 0.6) is 0 Å². The largest absolute Gasteiger partial charge is 0.385 e. The lowest BCUT2D eigenvalue weighted by atomic mass is 9.96. The van der Waals surface area contributed by atoms with Crippen molar-refractivity contribution in [1.29, 1.82) is 0 Å². The van der Waals surface area contributed by atoms with Gasteiger partial charge in [0.05, 0.1) is 4.90 Å². The summed E-state index contributed by atoms with van der Waals surface area (Å²) < 4.78 is 22.6. The highest BCUT2D eigenvalue weighted by atomic mass is 32.2. The highest BCUT2D eigenvalue weighted by Gasteiger charge is 2.11. The summed E-state index contributed by atoms with van der Waals surface area (Å²) in [4.78, 5) is 0.340. The molecule has 0 amide bonds. The normalized spacial score (nSPS) is 13.6. The maximum Gasteiger partial charge on any atom is 0.175 e. The number of sulfone groups is 1. The molecule has 0 heterocycles. The minimum atomic E-state index is -3.12. The maximum absolute atomic E-state index is 11.3. The fourth-order valence-electron chi connectivity index (χ4n) is 1.66. The quantitative estimate of drug-likeness (QED) is 0.826. The molecule has 5 heteroatoms. The molecule has 0 fully saturated rings. The van der Waals surface area contributed by atoms with Crippen molar-refractivity contribution >= 4 is 15.5 Å². The summed E-state index contributed by atoms with van der Waals surface area (Å²) in [6.45, 7) is 5.73. The van der Waals surface area contributed by atoms with Crippen molar-refractivity contribution in [2.45, 2.75) is 18.7 Å². The number of nitrogens with one attached hydrogen (secondary N) is 1. The first-order valence-corrected chi connectivity index (χ1v) is 7.97. The molecule has 0 saturated heterocycles. The summed E-state index contributed by atoms with van der Waals surface area (Å²) >= 11 is 0. The number of nitrogens with two attached hydrogens (primary N) is 1. The molecule has 0 aliphatic rings. The molecule has 0 aromatic heterocycles. The molecule has 18 heavy (non-hydrogen) atoms. The average Bonchev–Trinajstić information content (AvgIpc) is 2.29. The van der Waals surface area contributed by atoms with E-state index in [1.54, 1.807) is 24.3 Å².